The lowest BCUT2D eigenvalue weighted by Crippen LogP contribution is -2.39. The third kappa shape index (κ3) is 4.81. The number of nitrogens with one attached hydrogen (secondary N) is 2. The molecule has 7 heteroatoms. The minimum atomic E-state index is -0.175. The number of hydrogen-bond donors (Lipinski definition) is 2. The molecule has 1 atom stereocenters. The molecule has 4 rings (SSSR count). The van der Waals surface area contributed by atoms with E-state index in [2.05, 4.69) is 32.6 Å². The lowest BCUT2D eigenvalue weighted by atomic mass is 10.1. The molecule has 0 bridgehead atoms. The summed E-state index contributed by atoms with van der Waals surface area (Å²) in [6, 6.07) is 15.6. The Morgan fingerprint density at radius 3 is 2.79 bits per heavy atom. The molecule has 29 heavy (non-hydrogen) atoms. The van der Waals surface area contributed by atoms with Crippen LogP contribution in [0.5, 0.6) is 0 Å². The first-order chi connectivity index (χ1) is 14.1. The zero-order valence-electron chi connectivity index (χ0n) is 16.7. The van der Waals surface area contributed by atoms with Crippen molar-refractivity contribution in [1.29, 1.82) is 0 Å². The summed E-state index contributed by atoms with van der Waals surface area (Å²) in [4.78, 5) is 19.0. The second-order valence-corrected chi connectivity index (χ2v) is 7.50. The van der Waals surface area contributed by atoms with Gasteiger partial charge in [0.05, 0.1) is 6.54 Å². The van der Waals surface area contributed by atoms with E-state index in [1.807, 2.05) is 55.5 Å². The predicted octanol–water partition coefficient (Wildman–Crippen LogP) is 3.75. The van der Waals surface area contributed by atoms with Crippen LogP contribution < -0.4 is 10.6 Å². The highest BCUT2D eigenvalue weighted by Gasteiger charge is 2.25. The van der Waals surface area contributed by atoms with Crippen LogP contribution in [0.4, 0.5) is 10.5 Å². The van der Waals surface area contributed by atoms with Gasteiger partial charge >= 0.3 is 6.03 Å². The highest BCUT2D eigenvalue weighted by atomic mass is 16.5. The molecule has 1 fully saturated rings. The number of aromatic nitrogens is 2. The van der Waals surface area contributed by atoms with E-state index < -0.39 is 0 Å². The van der Waals surface area contributed by atoms with Crippen molar-refractivity contribution < 1.29 is 9.32 Å². The second kappa shape index (κ2) is 8.45. The van der Waals surface area contributed by atoms with E-state index in [-0.39, 0.29) is 12.1 Å². The molecular weight excluding hydrogens is 366 g/mol. The van der Waals surface area contributed by atoms with Crippen LogP contribution in [0.25, 0.3) is 11.5 Å². The molecule has 3 aromatic rings. The van der Waals surface area contributed by atoms with Crippen molar-refractivity contribution in [2.24, 2.45) is 0 Å². The third-order valence-electron chi connectivity index (χ3n) is 5.23. The van der Waals surface area contributed by atoms with E-state index in [1.54, 1.807) is 0 Å². The molecule has 1 unspecified atom stereocenters. The zero-order valence-corrected chi connectivity index (χ0v) is 16.7. The summed E-state index contributed by atoms with van der Waals surface area (Å²) >= 11 is 0. The van der Waals surface area contributed by atoms with Gasteiger partial charge in [0.2, 0.25) is 0 Å². The molecule has 0 saturated carbocycles. The fourth-order valence-corrected chi connectivity index (χ4v) is 3.48. The Hall–Kier alpha value is -3.19. The molecule has 150 valence electrons. The van der Waals surface area contributed by atoms with Crippen molar-refractivity contribution in [1.82, 2.24) is 20.4 Å². The first kappa shape index (κ1) is 19.1. The number of carbonyl (C=O) groups excluding carboxylic acids is 1. The summed E-state index contributed by atoms with van der Waals surface area (Å²) in [7, 11) is 0. The van der Waals surface area contributed by atoms with Crippen LogP contribution in [0.3, 0.4) is 0 Å². The number of carbonyl (C=O) groups is 1. The normalized spacial score (nSPS) is 16.7. The first-order valence-corrected chi connectivity index (χ1v) is 9.82. The largest absolute Gasteiger partial charge is 0.334 e. The number of benzene rings is 2. The minimum absolute atomic E-state index is 0.0991. The third-order valence-corrected chi connectivity index (χ3v) is 5.23. The quantitative estimate of drug-likeness (QED) is 0.692. The number of amides is 2. The lowest BCUT2D eigenvalue weighted by molar-refractivity contribution is 0.247. The average Bonchev–Trinajstić information content (AvgIpc) is 3.35. The molecule has 2 aromatic carbocycles. The lowest BCUT2D eigenvalue weighted by Gasteiger charge is -2.16. The van der Waals surface area contributed by atoms with E-state index in [9.17, 15) is 4.79 Å². The Kier molecular flexibility index (Phi) is 5.57. The van der Waals surface area contributed by atoms with Crippen molar-refractivity contribution >= 4 is 11.7 Å². The van der Waals surface area contributed by atoms with Gasteiger partial charge in [0, 0.05) is 30.4 Å². The number of aryl methyl sites for hydroxylation is 2. The second-order valence-electron chi connectivity index (χ2n) is 7.50. The van der Waals surface area contributed by atoms with E-state index in [1.165, 1.54) is 5.56 Å². The molecule has 2 amide bonds. The summed E-state index contributed by atoms with van der Waals surface area (Å²) in [5.41, 5.74) is 4.08. The topological polar surface area (TPSA) is 83.3 Å². The van der Waals surface area contributed by atoms with Gasteiger partial charge in [0.15, 0.2) is 5.82 Å². The number of anilines is 1. The maximum absolute atomic E-state index is 12.3. The Balaban J connectivity index is 1.27. The minimum Gasteiger partial charge on any atom is -0.334 e. The summed E-state index contributed by atoms with van der Waals surface area (Å²) in [5.74, 6) is 1.19. The Labute approximate surface area is 170 Å². The molecule has 0 radical (unpaired) electrons. The number of nitrogens with zero attached hydrogens (tertiary/aromatic N) is 3. The smallest absolute Gasteiger partial charge is 0.319 e. The van der Waals surface area contributed by atoms with Gasteiger partial charge in [-0.15, -0.1) is 0 Å². The van der Waals surface area contributed by atoms with Crippen LogP contribution in [0, 0.1) is 13.8 Å². The number of likely N-dealkylation sites (tertiary alicyclic amines) is 1. The molecule has 7 nitrogen and oxygen atoms in total. The van der Waals surface area contributed by atoms with Gasteiger partial charge in [0.25, 0.3) is 5.89 Å². The van der Waals surface area contributed by atoms with Crippen molar-refractivity contribution in [3.63, 3.8) is 0 Å². The summed E-state index contributed by atoms with van der Waals surface area (Å²) in [5, 5.41) is 10.1. The van der Waals surface area contributed by atoms with Crippen LogP contribution in [0.15, 0.2) is 53.1 Å². The van der Waals surface area contributed by atoms with Gasteiger partial charge in [-0.3, -0.25) is 4.90 Å². The van der Waals surface area contributed by atoms with Crippen molar-refractivity contribution in [3.8, 4) is 11.5 Å². The van der Waals surface area contributed by atoms with Gasteiger partial charge in [-0.2, -0.15) is 4.98 Å². The predicted molar refractivity (Wildman–Crippen MR) is 111 cm³/mol. The van der Waals surface area contributed by atoms with Gasteiger partial charge in [-0.05, 0) is 55.7 Å². The fourth-order valence-electron chi connectivity index (χ4n) is 3.48. The van der Waals surface area contributed by atoms with Gasteiger partial charge in [0.1, 0.15) is 0 Å². The van der Waals surface area contributed by atoms with Crippen LogP contribution in [0.2, 0.25) is 0 Å². The van der Waals surface area contributed by atoms with Gasteiger partial charge in [-0.25, -0.2) is 4.79 Å². The summed E-state index contributed by atoms with van der Waals surface area (Å²) < 4.78 is 5.37. The van der Waals surface area contributed by atoms with E-state index in [4.69, 9.17) is 4.52 Å². The Morgan fingerprint density at radius 1 is 1.17 bits per heavy atom. The SMILES string of the molecule is Cc1ccc(NC(=O)NC2CCN(Cc3noc(-c4ccccc4)n3)C2)cc1C. The molecule has 1 aliphatic heterocycles. The van der Waals surface area contributed by atoms with Crippen LogP contribution >= 0.6 is 0 Å². The molecule has 1 aromatic heterocycles. The Bertz CT molecular complexity index is 986. The van der Waals surface area contributed by atoms with Crippen LogP contribution in [-0.4, -0.2) is 40.2 Å². The summed E-state index contributed by atoms with van der Waals surface area (Å²) in [6.45, 7) is 6.33. The molecule has 1 saturated heterocycles. The van der Waals surface area contributed by atoms with Crippen LogP contribution in [-0.2, 0) is 6.54 Å². The number of hydrogen-bond acceptors (Lipinski definition) is 5. The zero-order chi connectivity index (χ0) is 20.2. The molecule has 2 heterocycles. The average molecular weight is 391 g/mol. The maximum atomic E-state index is 12.3. The van der Waals surface area contributed by atoms with Crippen molar-refractivity contribution in [2.45, 2.75) is 32.9 Å². The Morgan fingerprint density at radius 2 is 2.00 bits per heavy atom. The van der Waals surface area contributed by atoms with Gasteiger partial charge < -0.3 is 15.2 Å². The van der Waals surface area contributed by atoms with E-state index in [0.717, 1.165) is 36.3 Å². The number of rotatable bonds is 5. The molecule has 1 aliphatic rings. The molecule has 2 N–H and O–H groups in total. The highest BCUT2D eigenvalue weighted by molar-refractivity contribution is 5.89. The standard InChI is InChI=1S/C22H25N5O2/c1-15-8-9-18(12-16(15)2)23-22(28)24-19-10-11-27(13-19)14-20-25-21(29-26-20)17-6-4-3-5-7-17/h3-9,12,19H,10-11,13-14H2,1-2H3,(H2,23,24,28). The maximum Gasteiger partial charge on any atom is 0.319 e. The molecular formula is C22H25N5O2. The highest BCUT2D eigenvalue weighted by Crippen LogP contribution is 2.18. The first-order valence-electron chi connectivity index (χ1n) is 9.82. The molecule has 0 spiro atoms. The van der Waals surface area contributed by atoms with Crippen LogP contribution in [0.1, 0.15) is 23.4 Å². The monoisotopic (exact) mass is 391 g/mol. The van der Waals surface area contributed by atoms with E-state index in [0.29, 0.717) is 18.3 Å². The fraction of sp³-hybridized carbons (Fsp3) is 0.318. The summed E-state index contributed by atoms with van der Waals surface area (Å²) in [6.07, 6.45) is 0.893. The van der Waals surface area contributed by atoms with Gasteiger partial charge in [-0.1, -0.05) is 29.4 Å². The number of urea groups is 1. The van der Waals surface area contributed by atoms with Crippen molar-refractivity contribution in [3.05, 3.63) is 65.5 Å². The van der Waals surface area contributed by atoms with Crippen molar-refractivity contribution in [2.75, 3.05) is 18.4 Å². The molecule has 0 aliphatic carbocycles. The van der Waals surface area contributed by atoms with E-state index >= 15 is 0 Å².